The van der Waals surface area contributed by atoms with Crippen molar-refractivity contribution in [1.82, 2.24) is 4.98 Å². The molecule has 0 aliphatic rings. The van der Waals surface area contributed by atoms with Crippen molar-refractivity contribution in [2.45, 2.75) is 17.2 Å². The van der Waals surface area contributed by atoms with Gasteiger partial charge in [0.05, 0.1) is 10.9 Å². The fourth-order valence-electron chi connectivity index (χ4n) is 2.35. The topological polar surface area (TPSA) is 38.9 Å². The summed E-state index contributed by atoms with van der Waals surface area (Å²) in [6.07, 6.45) is 1.71. The van der Waals surface area contributed by atoms with Crippen molar-refractivity contribution in [3.63, 3.8) is 0 Å². The molecule has 0 amide bonds. The Labute approximate surface area is 143 Å². The van der Waals surface area contributed by atoms with Crippen LogP contribution in [0.5, 0.6) is 0 Å². The Morgan fingerprint density at radius 1 is 0.875 bits per heavy atom. The maximum Gasteiger partial charge on any atom is 0.123 e. The number of nitrogens with zero attached hydrogens (tertiary/aromatic N) is 1. The lowest BCUT2D eigenvalue weighted by atomic mass is 10.0. The Hall–Kier alpha value is -2.40. The number of aromatic nitrogens is 1. The number of hydrogen-bond donors (Lipinski definition) is 1. The SMILES string of the molecule is Cc1ccnc(SC(c2ccc(F)cc2)c2ccc(F)cc2)c1N. The van der Waals surface area contributed by atoms with Crippen LogP contribution in [0, 0.1) is 18.6 Å². The molecule has 3 aromatic rings. The zero-order valence-electron chi connectivity index (χ0n) is 13.0. The number of halogens is 2. The van der Waals surface area contributed by atoms with Crippen LogP contribution in [0.15, 0.2) is 65.8 Å². The van der Waals surface area contributed by atoms with Gasteiger partial charge in [0.25, 0.3) is 0 Å². The lowest BCUT2D eigenvalue weighted by Crippen LogP contribution is -2.01. The Morgan fingerprint density at radius 2 is 1.38 bits per heavy atom. The number of hydrogen-bond acceptors (Lipinski definition) is 3. The van der Waals surface area contributed by atoms with E-state index in [9.17, 15) is 8.78 Å². The van der Waals surface area contributed by atoms with E-state index in [0.29, 0.717) is 10.7 Å². The molecule has 0 atom stereocenters. The number of aryl methyl sites for hydroxylation is 1. The standard InChI is InChI=1S/C19H16F2N2S/c1-12-10-11-23-19(17(12)22)24-18(13-2-6-15(20)7-3-13)14-4-8-16(21)9-5-14/h2-11,18H,22H2,1H3. The fraction of sp³-hybridized carbons (Fsp3) is 0.105. The van der Waals surface area contributed by atoms with Gasteiger partial charge in [-0.3, -0.25) is 0 Å². The van der Waals surface area contributed by atoms with Gasteiger partial charge in [-0.1, -0.05) is 36.0 Å². The van der Waals surface area contributed by atoms with Crippen LogP contribution >= 0.6 is 11.8 Å². The largest absolute Gasteiger partial charge is 0.396 e. The summed E-state index contributed by atoms with van der Waals surface area (Å²) >= 11 is 1.47. The molecular formula is C19H16F2N2S. The molecule has 0 saturated heterocycles. The molecule has 0 unspecified atom stereocenters. The molecule has 0 saturated carbocycles. The zero-order valence-corrected chi connectivity index (χ0v) is 13.9. The molecule has 2 nitrogen and oxygen atoms in total. The number of thioether (sulfide) groups is 1. The Morgan fingerprint density at radius 3 is 1.88 bits per heavy atom. The Kier molecular flexibility index (Phi) is 4.81. The summed E-state index contributed by atoms with van der Waals surface area (Å²) in [6, 6.07) is 14.4. The van der Waals surface area contributed by atoms with Crippen LogP contribution in [-0.4, -0.2) is 4.98 Å². The molecule has 0 spiro atoms. The van der Waals surface area contributed by atoms with E-state index < -0.39 is 0 Å². The van der Waals surface area contributed by atoms with Crippen LogP contribution in [0.2, 0.25) is 0 Å². The predicted molar refractivity (Wildman–Crippen MR) is 93.9 cm³/mol. The molecule has 2 aromatic carbocycles. The molecule has 0 bridgehead atoms. The lowest BCUT2D eigenvalue weighted by molar-refractivity contribution is 0.626. The van der Waals surface area contributed by atoms with E-state index in [1.54, 1.807) is 30.5 Å². The predicted octanol–water partition coefficient (Wildman–Crippen LogP) is 5.13. The summed E-state index contributed by atoms with van der Waals surface area (Å²) < 4.78 is 26.5. The van der Waals surface area contributed by atoms with Crippen LogP contribution in [0.25, 0.3) is 0 Å². The lowest BCUT2D eigenvalue weighted by Gasteiger charge is -2.18. The summed E-state index contributed by atoms with van der Waals surface area (Å²) in [5.41, 5.74) is 9.50. The minimum atomic E-state index is -0.296. The van der Waals surface area contributed by atoms with Gasteiger partial charge in [0.1, 0.15) is 16.7 Å². The first-order chi connectivity index (χ1) is 11.5. The van der Waals surface area contributed by atoms with E-state index >= 15 is 0 Å². The highest BCUT2D eigenvalue weighted by Gasteiger charge is 2.18. The Bertz CT molecular complexity index is 787. The number of rotatable bonds is 4. The highest BCUT2D eigenvalue weighted by Crippen LogP contribution is 2.42. The molecule has 0 radical (unpaired) electrons. The second kappa shape index (κ2) is 7.01. The van der Waals surface area contributed by atoms with Gasteiger partial charge in [-0.15, -0.1) is 0 Å². The first kappa shape index (κ1) is 16.5. The van der Waals surface area contributed by atoms with Gasteiger partial charge in [-0.2, -0.15) is 0 Å². The monoisotopic (exact) mass is 342 g/mol. The molecule has 0 fully saturated rings. The minimum absolute atomic E-state index is 0.164. The van der Waals surface area contributed by atoms with Crippen molar-refractivity contribution in [1.29, 1.82) is 0 Å². The highest BCUT2D eigenvalue weighted by atomic mass is 32.2. The van der Waals surface area contributed by atoms with Crippen molar-refractivity contribution in [3.8, 4) is 0 Å². The summed E-state index contributed by atoms with van der Waals surface area (Å²) in [4.78, 5) is 4.35. The van der Waals surface area contributed by atoms with E-state index in [2.05, 4.69) is 4.98 Å². The van der Waals surface area contributed by atoms with Crippen molar-refractivity contribution < 1.29 is 8.78 Å². The fourth-order valence-corrected chi connectivity index (χ4v) is 3.57. The van der Waals surface area contributed by atoms with Gasteiger partial charge in [0.2, 0.25) is 0 Å². The van der Waals surface area contributed by atoms with E-state index in [0.717, 1.165) is 16.7 Å². The molecule has 0 aliphatic carbocycles. The maximum absolute atomic E-state index is 13.3. The van der Waals surface area contributed by atoms with E-state index in [1.807, 2.05) is 13.0 Å². The van der Waals surface area contributed by atoms with Crippen LogP contribution in [0.4, 0.5) is 14.5 Å². The number of benzene rings is 2. The normalized spacial score (nSPS) is 11.0. The van der Waals surface area contributed by atoms with Crippen LogP contribution in [0.1, 0.15) is 21.9 Å². The molecule has 1 heterocycles. The molecule has 24 heavy (non-hydrogen) atoms. The van der Waals surface area contributed by atoms with E-state index in [1.165, 1.54) is 36.0 Å². The number of pyridine rings is 1. The molecule has 0 aliphatic heterocycles. The molecule has 2 N–H and O–H groups in total. The quantitative estimate of drug-likeness (QED) is 0.668. The molecule has 3 rings (SSSR count). The average molecular weight is 342 g/mol. The third-order valence-electron chi connectivity index (χ3n) is 3.75. The number of nitrogen functional groups attached to an aromatic ring is 1. The third-order valence-corrected chi connectivity index (χ3v) is 5.08. The van der Waals surface area contributed by atoms with Gasteiger partial charge in [-0.05, 0) is 53.9 Å². The van der Waals surface area contributed by atoms with Gasteiger partial charge in [0, 0.05) is 6.20 Å². The molecule has 122 valence electrons. The zero-order chi connectivity index (χ0) is 17.1. The maximum atomic E-state index is 13.3. The van der Waals surface area contributed by atoms with Crippen molar-refractivity contribution in [3.05, 3.63) is 89.1 Å². The van der Waals surface area contributed by atoms with Crippen molar-refractivity contribution in [2.75, 3.05) is 5.73 Å². The summed E-state index contributed by atoms with van der Waals surface area (Å²) in [7, 11) is 0. The van der Waals surface area contributed by atoms with Crippen LogP contribution in [0.3, 0.4) is 0 Å². The second-order valence-corrected chi connectivity index (χ2v) is 6.54. The number of nitrogens with two attached hydrogens (primary N) is 1. The van der Waals surface area contributed by atoms with Crippen molar-refractivity contribution in [2.24, 2.45) is 0 Å². The number of anilines is 1. The first-order valence-corrected chi connectivity index (χ1v) is 8.31. The van der Waals surface area contributed by atoms with Gasteiger partial charge in [-0.25, -0.2) is 13.8 Å². The average Bonchev–Trinajstić information content (AvgIpc) is 2.58. The van der Waals surface area contributed by atoms with Crippen molar-refractivity contribution >= 4 is 17.4 Å². The van der Waals surface area contributed by atoms with Crippen LogP contribution in [-0.2, 0) is 0 Å². The second-order valence-electron chi connectivity index (χ2n) is 5.45. The highest BCUT2D eigenvalue weighted by molar-refractivity contribution is 7.99. The summed E-state index contributed by atoms with van der Waals surface area (Å²) in [5.74, 6) is -0.593. The first-order valence-electron chi connectivity index (χ1n) is 7.43. The van der Waals surface area contributed by atoms with Crippen LogP contribution < -0.4 is 5.73 Å². The van der Waals surface area contributed by atoms with Gasteiger partial charge >= 0.3 is 0 Å². The molecular weight excluding hydrogens is 326 g/mol. The molecule has 1 aromatic heterocycles. The summed E-state index contributed by atoms with van der Waals surface area (Å²) in [6.45, 7) is 1.92. The Balaban J connectivity index is 2.03. The summed E-state index contributed by atoms with van der Waals surface area (Å²) in [5, 5.41) is 0.538. The minimum Gasteiger partial charge on any atom is -0.396 e. The molecule has 5 heteroatoms. The van der Waals surface area contributed by atoms with E-state index in [4.69, 9.17) is 5.73 Å². The van der Waals surface area contributed by atoms with E-state index in [-0.39, 0.29) is 16.9 Å². The third kappa shape index (κ3) is 3.57. The smallest absolute Gasteiger partial charge is 0.123 e. The van der Waals surface area contributed by atoms with Gasteiger partial charge < -0.3 is 5.73 Å². The van der Waals surface area contributed by atoms with Gasteiger partial charge in [0.15, 0.2) is 0 Å².